The molecule has 2 N–H and O–H groups in total. The van der Waals surface area contributed by atoms with Crippen LogP contribution in [0.3, 0.4) is 0 Å². The molecule has 0 bridgehead atoms. The third kappa shape index (κ3) is 5.47. The quantitative estimate of drug-likeness (QED) is 0.816. The second-order valence-corrected chi connectivity index (χ2v) is 7.39. The van der Waals surface area contributed by atoms with Gasteiger partial charge in [-0.15, -0.1) is 0 Å². The number of hydrogen-bond donors (Lipinski definition) is 2. The minimum absolute atomic E-state index is 0.202. The van der Waals surface area contributed by atoms with Crippen molar-refractivity contribution < 1.29 is 14.6 Å². The summed E-state index contributed by atoms with van der Waals surface area (Å²) in [5.74, 6) is 0.416. The summed E-state index contributed by atoms with van der Waals surface area (Å²) in [7, 11) is 0. The molecule has 0 spiro atoms. The fourth-order valence-corrected chi connectivity index (χ4v) is 2.98. The fourth-order valence-electron chi connectivity index (χ4n) is 2.98. The van der Waals surface area contributed by atoms with Gasteiger partial charge in [0, 0.05) is 31.8 Å². The highest BCUT2D eigenvalue weighted by molar-refractivity contribution is 5.68. The number of rotatable bonds is 5. The van der Waals surface area contributed by atoms with Crippen molar-refractivity contribution >= 4 is 6.09 Å². The van der Waals surface area contributed by atoms with E-state index in [9.17, 15) is 9.90 Å². The van der Waals surface area contributed by atoms with Crippen LogP contribution in [0.4, 0.5) is 4.79 Å². The average molecular weight is 298 g/mol. The van der Waals surface area contributed by atoms with Gasteiger partial charge in [0.25, 0.3) is 0 Å². The van der Waals surface area contributed by atoms with Crippen LogP contribution in [0.25, 0.3) is 0 Å². The van der Waals surface area contributed by atoms with Gasteiger partial charge in [-0.05, 0) is 58.8 Å². The Labute approximate surface area is 128 Å². The Morgan fingerprint density at radius 3 is 2.67 bits per heavy atom. The van der Waals surface area contributed by atoms with Crippen LogP contribution >= 0.6 is 0 Å². The third-order valence-corrected chi connectivity index (χ3v) is 4.15. The van der Waals surface area contributed by atoms with Gasteiger partial charge in [0.05, 0.1) is 0 Å². The molecule has 0 aromatic carbocycles. The molecular weight excluding hydrogens is 268 g/mol. The molecule has 1 heterocycles. The smallest absolute Gasteiger partial charge is 0.410 e. The molecule has 1 aliphatic heterocycles. The highest BCUT2D eigenvalue weighted by Crippen LogP contribution is 2.27. The van der Waals surface area contributed by atoms with Gasteiger partial charge in [0.15, 0.2) is 0 Å². The molecule has 21 heavy (non-hydrogen) atoms. The highest BCUT2D eigenvalue weighted by Gasteiger charge is 2.34. The van der Waals surface area contributed by atoms with Crippen molar-refractivity contribution in [3.63, 3.8) is 0 Å². The van der Waals surface area contributed by atoms with Gasteiger partial charge < -0.3 is 20.1 Å². The predicted octanol–water partition coefficient (Wildman–Crippen LogP) is 2.14. The van der Waals surface area contributed by atoms with Gasteiger partial charge in [-0.25, -0.2) is 4.79 Å². The number of amides is 1. The summed E-state index contributed by atoms with van der Waals surface area (Å²) in [5.41, 5.74) is -0.444. The van der Waals surface area contributed by atoms with Crippen molar-refractivity contribution in [1.29, 1.82) is 0 Å². The summed E-state index contributed by atoms with van der Waals surface area (Å²) in [6, 6.07) is 0.936. The Kier molecular flexibility index (Phi) is 5.49. The van der Waals surface area contributed by atoms with Gasteiger partial charge in [-0.3, -0.25) is 0 Å². The molecule has 2 unspecified atom stereocenters. The number of aliphatic hydroxyl groups excluding tert-OH is 1. The van der Waals surface area contributed by atoms with Crippen LogP contribution in [0.5, 0.6) is 0 Å². The van der Waals surface area contributed by atoms with Crippen molar-refractivity contribution in [2.45, 2.75) is 70.6 Å². The third-order valence-electron chi connectivity index (χ3n) is 4.15. The molecule has 5 nitrogen and oxygen atoms in total. The normalized spacial score (nSPS) is 24.8. The zero-order valence-electron chi connectivity index (χ0n) is 13.6. The van der Waals surface area contributed by atoms with Gasteiger partial charge in [0.2, 0.25) is 0 Å². The lowest BCUT2D eigenvalue weighted by atomic mass is 9.89. The van der Waals surface area contributed by atoms with Crippen LogP contribution < -0.4 is 5.32 Å². The van der Waals surface area contributed by atoms with Crippen molar-refractivity contribution in [3.8, 4) is 0 Å². The van der Waals surface area contributed by atoms with Crippen LogP contribution in [-0.2, 0) is 4.74 Å². The van der Waals surface area contributed by atoms with Gasteiger partial charge >= 0.3 is 6.09 Å². The SMILES string of the molecule is CC(C)(C)OC(=O)N1CCCC(C(CCO)NC2CC2)C1. The maximum Gasteiger partial charge on any atom is 0.410 e. The molecule has 2 fully saturated rings. The average Bonchev–Trinajstić information content (AvgIpc) is 3.20. The topological polar surface area (TPSA) is 61.8 Å². The number of ether oxygens (including phenoxy) is 1. The van der Waals surface area contributed by atoms with E-state index in [-0.39, 0.29) is 12.7 Å². The standard InChI is InChI=1S/C16H30N2O3/c1-16(2,3)21-15(20)18-9-4-5-12(11-18)14(8-10-19)17-13-6-7-13/h12-14,17,19H,4-11H2,1-3H3. The Hall–Kier alpha value is -0.810. The second-order valence-electron chi connectivity index (χ2n) is 7.39. The lowest BCUT2D eigenvalue weighted by Gasteiger charge is -2.38. The minimum Gasteiger partial charge on any atom is -0.444 e. The maximum absolute atomic E-state index is 12.2. The largest absolute Gasteiger partial charge is 0.444 e. The zero-order chi connectivity index (χ0) is 15.5. The zero-order valence-corrected chi connectivity index (χ0v) is 13.6. The summed E-state index contributed by atoms with van der Waals surface area (Å²) in [6.45, 7) is 7.41. The first-order valence-electron chi connectivity index (χ1n) is 8.24. The first-order chi connectivity index (χ1) is 9.89. The number of aliphatic hydroxyl groups is 1. The first-order valence-corrected chi connectivity index (χ1v) is 8.24. The summed E-state index contributed by atoms with van der Waals surface area (Å²) in [6.07, 6.45) is 5.17. The van der Waals surface area contributed by atoms with E-state index in [1.807, 2.05) is 25.7 Å². The number of nitrogens with zero attached hydrogens (tertiary/aromatic N) is 1. The highest BCUT2D eigenvalue weighted by atomic mass is 16.6. The van der Waals surface area contributed by atoms with Crippen LogP contribution in [0.2, 0.25) is 0 Å². The van der Waals surface area contributed by atoms with E-state index < -0.39 is 5.60 Å². The van der Waals surface area contributed by atoms with E-state index in [2.05, 4.69) is 5.32 Å². The molecule has 2 rings (SSSR count). The molecule has 2 atom stereocenters. The molecule has 0 aromatic rings. The number of likely N-dealkylation sites (tertiary alicyclic amines) is 1. The molecule has 122 valence electrons. The van der Waals surface area contributed by atoms with E-state index in [0.717, 1.165) is 32.4 Å². The van der Waals surface area contributed by atoms with Crippen LogP contribution in [0.15, 0.2) is 0 Å². The summed E-state index contributed by atoms with van der Waals surface area (Å²) in [4.78, 5) is 14.0. The summed E-state index contributed by atoms with van der Waals surface area (Å²) >= 11 is 0. The van der Waals surface area contributed by atoms with Crippen molar-refractivity contribution in [1.82, 2.24) is 10.2 Å². The van der Waals surface area contributed by atoms with E-state index in [4.69, 9.17) is 4.74 Å². The number of piperidine rings is 1. The lowest BCUT2D eigenvalue weighted by molar-refractivity contribution is 0.0138. The van der Waals surface area contributed by atoms with Crippen molar-refractivity contribution in [3.05, 3.63) is 0 Å². The molecule has 0 aromatic heterocycles. The van der Waals surface area contributed by atoms with E-state index >= 15 is 0 Å². The van der Waals surface area contributed by atoms with Gasteiger partial charge in [0.1, 0.15) is 5.60 Å². The maximum atomic E-state index is 12.2. The van der Waals surface area contributed by atoms with Gasteiger partial charge in [-0.1, -0.05) is 0 Å². The Bertz CT molecular complexity index is 350. The Balaban J connectivity index is 1.89. The molecule has 1 aliphatic carbocycles. The summed E-state index contributed by atoms with van der Waals surface area (Å²) < 4.78 is 5.48. The van der Waals surface area contributed by atoms with Crippen molar-refractivity contribution in [2.75, 3.05) is 19.7 Å². The molecular formula is C16H30N2O3. The van der Waals surface area contributed by atoms with E-state index in [1.54, 1.807) is 0 Å². The molecule has 1 amide bonds. The predicted molar refractivity (Wildman–Crippen MR) is 82.2 cm³/mol. The van der Waals surface area contributed by atoms with E-state index in [0.29, 0.717) is 18.0 Å². The number of carbonyl (C=O) groups excluding carboxylic acids is 1. The number of carbonyl (C=O) groups is 1. The number of hydrogen-bond acceptors (Lipinski definition) is 4. The van der Waals surface area contributed by atoms with Crippen molar-refractivity contribution in [2.24, 2.45) is 5.92 Å². The monoisotopic (exact) mass is 298 g/mol. The van der Waals surface area contributed by atoms with Crippen LogP contribution in [0.1, 0.15) is 52.9 Å². The molecule has 1 saturated heterocycles. The Morgan fingerprint density at radius 1 is 1.38 bits per heavy atom. The van der Waals surface area contributed by atoms with Crippen LogP contribution in [-0.4, -0.2) is 53.5 Å². The minimum atomic E-state index is -0.444. The van der Waals surface area contributed by atoms with Crippen LogP contribution in [0, 0.1) is 5.92 Å². The number of nitrogens with one attached hydrogen (secondary N) is 1. The summed E-state index contributed by atoms with van der Waals surface area (Å²) in [5, 5.41) is 12.9. The Morgan fingerprint density at radius 2 is 2.10 bits per heavy atom. The molecule has 0 radical (unpaired) electrons. The van der Waals surface area contributed by atoms with Gasteiger partial charge in [-0.2, -0.15) is 0 Å². The lowest BCUT2D eigenvalue weighted by Crippen LogP contribution is -2.49. The second kappa shape index (κ2) is 6.97. The molecule has 1 saturated carbocycles. The van der Waals surface area contributed by atoms with E-state index in [1.165, 1.54) is 12.8 Å². The molecule has 2 aliphatic rings. The fraction of sp³-hybridized carbons (Fsp3) is 0.938. The molecule has 5 heteroatoms. The first kappa shape index (κ1) is 16.6.